The lowest BCUT2D eigenvalue weighted by atomic mass is 9.91. The van der Waals surface area contributed by atoms with E-state index in [1.165, 1.54) is 19.3 Å². The van der Waals surface area contributed by atoms with Gasteiger partial charge in [-0.25, -0.2) is 0 Å². The van der Waals surface area contributed by atoms with Crippen molar-refractivity contribution < 1.29 is 10.2 Å². The van der Waals surface area contributed by atoms with E-state index < -0.39 is 0 Å². The molecule has 3 nitrogen and oxygen atoms in total. The third-order valence-corrected chi connectivity index (χ3v) is 3.03. The topological polar surface area (TPSA) is 43.7 Å². The van der Waals surface area contributed by atoms with Crippen LogP contribution < -0.4 is 0 Å². The molecule has 0 saturated heterocycles. The molecule has 3 heteroatoms. The molecule has 1 unspecified atom stereocenters. The van der Waals surface area contributed by atoms with Crippen LogP contribution in [-0.4, -0.2) is 47.0 Å². The lowest BCUT2D eigenvalue weighted by Crippen LogP contribution is -2.42. The highest BCUT2D eigenvalue weighted by molar-refractivity contribution is 4.80. The van der Waals surface area contributed by atoms with E-state index in [4.69, 9.17) is 5.11 Å². The fraction of sp³-hybridized carbons (Fsp3) is 1.00. The van der Waals surface area contributed by atoms with E-state index in [9.17, 15) is 5.11 Å². The largest absolute Gasteiger partial charge is 0.396 e. The third kappa shape index (κ3) is 3.95. The SMILES string of the molecule is CC(O)CCN(CCCO)C1CCC1. The average Bonchev–Trinajstić information content (AvgIpc) is 2.06. The van der Waals surface area contributed by atoms with Gasteiger partial charge in [-0.2, -0.15) is 0 Å². The molecule has 0 aliphatic heterocycles. The summed E-state index contributed by atoms with van der Waals surface area (Å²) in [7, 11) is 0. The zero-order valence-electron chi connectivity index (χ0n) is 9.15. The van der Waals surface area contributed by atoms with Gasteiger partial charge in [0, 0.05) is 25.7 Å². The Morgan fingerprint density at radius 1 is 1.36 bits per heavy atom. The summed E-state index contributed by atoms with van der Waals surface area (Å²) in [4.78, 5) is 2.42. The van der Waals surface area contributed by atoms with Crippen molar-refractivity contribution in [2.75, 3.05) is 19.7 Å². The molecule has 0 heterocycles. The average molecular weight is 201 g/mol. The predicted molar refractivity (Wildman–Crippen MR) is 57.2 cm³/mol. The highest BCUT2D eigenvalue weighted by Crippen LogP contribution is 2.25. The molecular formula is C11H23NO2. The van der Waals surface area contributed by atoms with Crippen molar-refractivity contribution in [2.24, 2.45) is 0 Å². The minimum Gasteiger partial charge on any atom is -0.396 e. The molecule has 2 N–H and O–H groups in total. The van der Waals surface area contributed by atoms with Crippen LogP contribution in [0.3, 0.4) is 0 Å². The van der Waals surface area contributed by atoms with E-state index in [0.29, 0.717) is 0 Å². The Morgan fingerprint density at radius 2 is 2.07 bits per heavy atom. The Balaban J connectivity index is 2.20. The summed E-state index contributed by atoms with van der Waals surface area (Å²) >= 11 is 0. The lowest BCUT2D eigenvalue weighted by molar-refractivity contribution is 0.0916. The summed E-state index contributed by atoms with van der Waals surface area (Å²) in [5.74, 6) is 0. The van der Waals surface area contributed by atoms with Gasteiger partial charge in [0.2, 0.25) is 0 Å². The highest BCUT2D eigenvalue weighted by atomic mass is 16.3. The van der Waals surface area contributed by atoms with Crippen LogP contribution in [0.5, 0.6) is 0 Å². The number of hydrogen-bond donors (Lipinski definition) is 2. The first-order valence-corrected chi connectivity index (χ1v) is 5.77. The number of nitrogens with zero attached hydrogens (tertiary/aromatic N) is 1. The molecule has 0 amide bonds. The second-order valence-corrected chi connectivity index (χ2v) is 4.34. The van der Waals surface area contributed by atoms with Crippen molar-refractivity contribution in [3.05, 3.63) is 0 Å². The van der Waals surface area contributed by atoms with E-state index in [1.807, 2.05) is 6.92 Å². The van der Waals surface area contributed by atoms with Crippen molar-refractivity contribution in [3.63, 3.8) is 0 Å². The molecule has 0 spiro atoms. The van der Waals surface area contributed by atoms with E-state index in [0.717, 1.165) is 32.0 Å². The molecular weight excluding hydrogens is 178 g/mol. The number of aliphatic hydroxyl groups excluding tert-OH is 2. The maximum absolute atomic E-state index is 9.22. The maximum atomic E-state index is 9.22. The summed E-state index contributed by atoms with van der Waals surface area (Å²) in [6.07, 6.45) is 5.44. The summed E-state index contributed by atoms with van der Waals surface area (Å²) in [5, 5.41) is 18.0. The van der Waals surface area contributed by atoms with Gasteiger partial charge in [0.1, 0.15) is 0 Å². The summed E-state index contributed by atoms with van der Waals surface area (Å²) in [6, 6.07) is 0.722. The van der Waals surface area contributed by atoms with Crippen molar-refractivity contribution in [3.8, 4) is 0 Å². The summed E-state index contributed by atoms with van der Waals surface area (Å²) in [5.41, 5.74) is 0. The van der Waals surface area contributed by atoms with Gasteiger partial charge in [0.25, 0.3) is 0 Å². The molecule has 1 atom stereocenters. The minimum absolute atomic E-state index is 0.202. The monoisotopic (exact) mass is 201 g/mol. The first-order valence-electron chi connectivity index (χ1n) is 5.77. The van der Waals surface area contributed by atoms with Gasteiger partial charge in [-0.3, -0.25) is 0 Å². The third-order valence-electron chi connectivity index (χ3n) is 3.03. The summed E-state index contributed by atoms with van der Waals surface area (Å²) in [6.45, 7) is 4.07. The Bertz CT molecular complexity index is 146. The van der Waals surface area contributed by atoms with Crippen LogP contribution in [0.15, 0.2) is 0 Å². The molecule has 84 valence electrons. The van der Waals surface area contributed by atoms with Crippen LogP contribution in [0.4, 0.5) is 0 Å². The lowest BCUT2D eigenvalue weighted by Gasteiger charge is -2.37. The molecule has 1 aliphatic rings. The predicted octanol–water partition coefficient (Wildman–Crippen LogP) is 0.994. The van der Waals surface area contributed by atoms with Gasteiger partial charge in [-0.15, -0.1) is 0 Å². The zero-order valence-corrected chi connectivity index (χ0v) is 9.15. The van der Waals surface area contributed by atoms with Crippen LogP contribution in [0.1, 0.15) is 39.0 Å². The maximum Gasteiger partial charge on any atom is 0.0524 e. The Hall–Kier alpha value is -0.120. The Labute approximate surface area is 86.7 Å². The van der Waals surface area contributed by atoms with Gasteiger partial charge in [0.05, 0.1) is 6.10 Å². The van der Waals surface area contributed by atoms with Gasteiger partial charge in [-0.1, -0.05) is 6.42 Å². The van der Waals surface area contributed by atoms with Crippen molar-refractivity contribution in [2.45, 2.75) is 51.2 Å². The fourth-order valence-corrected chi connectivity index (χ4v) is 1.86. The molecule has 0 aromatic heterocycles. The second kappa shape index (κ2) is 6.38. The number of aliphatic hydroxyl groups is 2. The van der Waals surface area contributed by atoms with E-state index in [2.05, 4.69) is 4.90 Å². The van der Waals surface area contributed by atoms with Crippen LogP contribution in [0.2, 0.25) is 0 Å². The smallest absolute Gasteiger partial charge is 0.0524 e. The molecule has 0 radical (unpaired) electrons. The van der Waals surface area contributed by atoms with E-state index in [1.54, 1.807) is 0 Å². The van der Waals surface area contributed by atoms with Crippen LogP contribution in [0.25, 0.3) is 0 Å². The molecule has 1 saturated carbocycles. The number of rotatable bonds is 7. The van der Waals surface area contributed by atoms with Gasteiger partial charge >= 0.3 is 0 Å². The second-order valence-electron chi connectivity index (χ2n) is 4.34. The number of hydrogen-bond acceptors (Lipinski definition) is 3. The zero-order chi connectivity index (χ0) is 10.4. The molecule has 0 bridgehead atoms. The van der Waals surface area contributed by atoms with Crippen LogP contribution >= 0.6 is 0 Å². The highest BCUT2D eigenvalue weighted by Gasteiger charge is 2.24. The van der Waals surface area contributed by atoms with Gasteiger partial charge in [0.15, 0.2) is 0 Å². The normalized spacial score (nSPS) is 19.7. The van der Waals surface area contributed by atoms with E-state index in [-0.39, 0.29) is 12.7 Å². The molecule has 14 heavy (non-hydrogen) atoms. The fourth-order valence-electron chi connectivity index (χ4n) is 1.86. The molecule has 1 fully saturated rings. The quantitative estimate of drug-likeness (QED) is 0.645. The first kappa shape index (κ1) is 12.0. The van der Waals surface area contributed by atoms with Crippen molar-refractivity contribution in [1.82, 2.24) is 4.90 Å². The Morgan fingerprint density at radius 3 is 2.50 bits per heavy atom. The molecule has 0 aromatic carbocycles. The molecule has 0 aromatic rings. The summed E-state index contributed by atoms with van der Waals surface area (Å²) < 4.78 is 0. The van der Waals surface area contributed by atoms with Crippen molar-refractivity contribution in [1.29, 1.82) is 0 Å². The first-order chi connectivity index (χ1) is 6.74. The Kier molecular flexibility index (Phi) is 5.45. The molecule has 1 aliphatic carbocycles. The van der Waals surface area contributed by atoms with Crippen LogP contribution in [0, 0.1) is 0 Å². The minimum atomic E-state index is -0.202. The van der Waals surface area contributed by atoms with Crippen molar-refractivity contribution >= 4 is 0 Å². The molecule has 1 rings (SSSR count). The van der Waals surface area contributed by atoms with Gasteiger partial charge in [-0.05, 0) is 32.6 Å². The standard InChI is InChI=1S/C11H23NO2/c1-10(14)6-8-12(7-3-9-13)11-4-2-5-11/h10-11,13-14H,2-9H2,1H3. The van der Waals surface area contributed by atoms with Crippen LogP contribution in [-0.2, 0) is 0 Å². The van der Waals surface area contributed by atoms with E-state index >= 15 is 0 Å². The van der Waals surface area contributed by atoms with Gasteiger partial charge < -0.3 is 15.1 Å².